The van der Waals surface area contributed by atoms with Gasteiger partial charge in [0, 0.05) is 41.5 Å². The number of rotatable bonds is 4. The van der Waals surface area contributed by atoms with Crippen molar-refractivity contribution in [2.45, 2.75) is 39.7 Å². The Morgan fingerprint density at radius 3 is 2.63 bits per heavy atom. The van der Waals surface area contributed by atoms with Crippen molar-refractivity contribution in [1.82, 2.24) is 19.9 Å². The third-order valence-corrected chi connectivity index (χ3v) is 5.92. The molecule has 0 fully saturated rings. The summed E-state index contributed by atoms with van der Waals surface area (Å²) in [7, 11) is 0. The van der Waals surface area contributed by atoms with E-state index < -0.39 is 0 Å². The molecule has 2 amide bonds. The van der Waals surface area contributed by atoms with E-state index in [4.69, 9.17) is 5.10 Å². The number of aromatic nitrogens is 3. The molecule has 0 saturated heterocycles. The number of hydrogen-bond acceptors (Lipinski definition) is 5. The predicted molar refractivity (Wildman–Crippen MR) is 137 cm³/mol. The summed E-state index contributed by atoms with van der Waals surface area (Å²) < 4.78 is 1.81. The summed E-state index contributed by atoms with van der Waals surface area (Å²) in [6.45, 7) is 8.16. The first-order valence-electron chi connectivity index (χ1n) is 11.6. The number of fused-ring (bicyclic) bond motifs is 2. The van der Waals surface area contributed by atoms with E-state index in [1.807, 2.05) is 73.8 Å². The lowest BCUT2D eigenvalue weighted by Gasteiger charge is -2.20. The van der Waals surface area contributed by atoms with Crippen LogP contribution in [0.3, 0.4) is 0 Å². The van der Waals surface area contributed by atoms with Crippen molar-refractivity contribution in [2.24, 2.45) is 0 Å². The highest BCUT2D eigenvalue weighted by atomic mass is 16.2. The van der Waals surface area contributed by atoms with Gasteiger partial charge in [-0.05, 0) is 69.2 Å². The zero-order chi connectivity index (χ0) is 24.7. The second-order valence-corrected chi connectivity index (χ2v) is 9.81. The molecule has 0 saturated carbocycles. The molecule has 4 aromatic rings. The number of amides is 2. The lowest BCUT2D eigenvalue weighted by molar-refractivity contribution is -0.116. The summed E-state index contributed by atoms with van der Waals surface area (Å²) in [6.07, 6.45) is 2.61. The molecule has 8 heteroatoms. The molecule has 0 bridgehead atoms. The third kappa shape index (κ3) is 4.59. The number of carbonyl (C=O) groups is 2. The highest BCUT2D eigenvalue weighted by Gasteiger charge is 2.22. The summed E-state index contributed by atoms with van der Waals surface area (Å²) in [5, 5.41) is 11.0. The van der Waals surface area contributed by atoms with Crippen molar-refractivity contribution in [3.8, 4) is 11.3 Å². The molecule has 3 heterocycles. The van der Waals surface area contributed by atoms with Gasteiger partial charge in [0.25, 0.3) is 5.91 Å². The fourth-order valence-corrected chi connectivity index (χ4v) is 4.32. The maximum absolute atomic E-state index is 12.7. The van der Waals surface area contributed by atoms with Gasteiger partial charge < -0.3 is 15.5 Å². The Morgan fingerprint density at radius 1 is 1.03 bits per heavy atom. The van der Waals surface area contributed by atoms with E-state index in [0.29, 0.717) is 18.1 Å². The van der Waals surface area contributed by atoms with Crippen LogP contribution in [-0.2, 0) is 11.2 Å². The van der Waals surface area contributed by atoms with Gasteiger partial charge in [-0.15, -0.1) is 5.10 Å². The monoisotopic (exact) mass is 468 g/mol. The minimum atomic E-state index is -0.318. The summed E-state index contributed by atoms with van der Waals surface area (Å²) in [5.41, 5.74) is 5.74. The van der Waals surface area contributed by atoms with E-state index in [1.54, 1.807) is 24.1 Å². The van der Waals surface area contributed by atoms with Gasteiger partial charge in [0.15, 0.2) is 0 Å². The van der Waals surface area contributed by atoms with E-state index in [2.05, 4.69) is 15.6 Å². The number of hydrogen-bond donors (Lipinski definition) is 2. The third-order valence-electron chi connectivity index (χ3n) is 5.92. The van der Waals surface area contributed by atoms with Gasteiger partial charge in [-0.2, -0.15) is 0 Å². The largest absolute Gasteiger partial charge is 0.347 e. The quantitative estimate of drug-likeness (QED) is 0.458. The molecular formula is C27H28N6O2. The second kappa shape index (κ2) is 8.54. The van der Waals surface area contributed by atoms with Gasteiger partial charge in [-0.3, -0.25) is 9.59 Å². The average Bonchev–Trinajstić information content (AvgIpc) is 3.42. The Kier molecular flexibility index (Phi) is 5.51. The minimum absolute atomic E-state index is 0.0361. The molecule has 0 aliphatic carbocycles. The number of nitrogens with zero attached hydrogens (tertiary/aromatic N) is 4. The molecule has 0 spiro atoms. The van der Waals surface area contributed by atoms with E-state index in [1.165, 1.54) is 0 Å². The maximum Gasteiger partial charge on any atom is 0.251 e. The van der Waals surface area contributed by atoms with Crippen LogP contribution in [-0.4, -0.2) is 38.5 Å². The van der Waals surface area contributed by atoms with Gasteiger partial charge >= 0.3 is 0 Å². The first kappa shape index (κ1) is 22.6. The first-order valence-corrected chi connectivity index (χ1v) is 11.6. The first-order chi connectivity index (χ1) is 16.7. The average molecular weight is 469 g/mol. The SMILES string of the molecule is CC(=O)N1CCc2ccc(Nc3ncc4ccc(-c5cccc(C(=O)NC(C)(C)C)c5)n4n3)cc21. The molecule has 1 aliphatic rings. The van der Waals surface area contributed by atoms with Crippen LogP contribution in [0.2, 0.25) is 0 Å². The molecule has 178 valence electrons. The molecule has 0 atom stereocenters. The van der Waals surface area contributed by atoms with Gasteiger partial charge in [0.05, 0.1) is 17.4 Å². The summed E-state index contributed by atoms with van der Waals surface area (Å²) in [6, 6.07) is 17.4. The Labute approximate surface area is 204 Å². The molecule has 5 rings (SSSR count). The van der Waals surface area contributed by atoms with E-state index in [0.717, 1.165) is 40.1 Å². The molecule has 0 radical (unpaired) electrons. The Bertz CT molecular complexity index is 1450. The van der Waals surface area contributed by atoms with Crippen LogP contribution < -0.4 is 15.5 Å². The summed E-state index contributed by atoms with van der Waals surface area (Å²) in [5.74, 6) is 0.353. The highest BCUT2D eigenvalue weighted by molar-refractivity contribution is 5.96. The smallest absolute Gasteiger partial charge is 0.251 e. The molecular weight excluding hydrogens is 440 g/mol. The van der Waals surface area contributed by atoms with Crippen molar-refractivity contribution in [2.75, 3.05) is 16.8 Å². The Balaban J connectivity index is 1.45. The normalized spacial score (nSPS) is 13.1. The van der Waals surface area contributed by atoms with Gasteiger partial charge in [0.1, 0.15) is 0 Å². The van der Waals surface area contributed by atoms with Crippen LogP contribution >= 0.6 is 0 Å². The number of nitrogens with one attached hydrogen (secondary N) is 2. The fraction of sp³-hybridized carbons (Fsp3) is 0.259. The molecule has 2 aromatic heterocycles. The summed E-state index contributed by atoms with van der Waals surface area (Å²) in [4.78, 5) is 30.9. The lowest BCUT2D eigenvalue weighted by atomic mass is 10.1. The number of anilines is 3. The zero-order valence-corrected chi connectivity index (χ0v) is 20.3. The van der Waals surface area contributed by atoms with Crippen LogP contribution in [0, 0.1) is 0 Å². The molecule has 1 aliphatic heterocycles. The van der Waals surface area contributed by atoms with Crippen molar-refractivity contribution in [1.29, 1.82) is 0 Å². The van der Waals surface area contributed by atoms with E-state index >= 15 is 0 Å². The molecule has 35 heavy (non-hydrogen) atoms. The highest BCUT2D eigenvalue weighted by Crippen LogP contribution is 2.32. The van der Waals surface area contributed by atoms with Crippen molar-refractivity contribution in [3.05, 3.63) is 71.9 Å². The Morgan fingerprint density at radius 2 is 1.86 bits per heavy atom. The van der Waals surface area contributed by atoms with Gasteiger partial charge in [0.2, 0.25) is 11.9 Å². The second-order valence-electron chi connectivity index (χ2n) is 9.81. The number of benzene rings is 2. The van der Waals surface area contributed by atoms with Crippen LogP contribution in [0.1, 0.15) is 43.6 Å². The number of carbonyl (C=O) groups excluding carboxylic acids is 2. The van der Waals surface area contributed by atoms with Crippen molar-refractivity contribution < 1.29 is 9.59 Å². The van der Waals surface area contributed by atoms with Crippen LogP contribution in [0.5, 0.6) is 0 Å². The van der Waals surface area contributed by atoms with Crippen LogP contribution in [0.4, 0.5) is 17.3 Å². The van der Waals surface area contributed by atoms with Crippen molar-refractivity contribution in [3.63, 3.8) is 0 Å². The fourth-order valence-electron chi connectivity index (χ4n) is 4.32. The predicted octanol–water partition coefficient (Wildman–Crippen LogP) is 4.58. The molecule has 8 nitrogen and oxygen atoms in total. The Hall–Kier alpha value is -4.20. The standard InChI is InChI=1S/C27H28N6O2/c1-17(34)32-13-12-18-8-9-21(15-24(18)32)29-26-28-16-22-10-11-23(33(22)31-26)19-6-5-7-20(14-19)25(35)30-27(2,3)4/h5-11,14-16H,12-13H2,1-4H3,(H,29,31)(H,30,35). The topological polar surface area (TPSA) is 91.6 Å². The zero-order valence-electron chi connectivity index (χ0n) is 20.3. The van der Waals surface area contributed by atoms with E-state index in [-0.39, 0.29) is 17.4 Å². The van der Waals surface area contributed by atoms with Crippen LogP contribution in [0.15, 0.2) is 60.8 Å². The van der Waals surface area contributed by atoms with Gasteiger partial charge in [-0.25, -0.2) is 9.50 Å². The van der Waals surface area contributed by atoms with Crippen LogP contribution in [0.25, 0.3) is 16.8 Å². The molecule has 0 unspecified atom stereocenters. The summed E-state index contributed by atoms with van der Waals surface area (Å²) >= 11 is 0. The van der Waals surface area contributed by atoms with E-state index in [9.17, 15) is 9.59 Å². The lowest BCUT2D eigenvalue weighted by Crippen LogP contribution is -2.40. The van der Waals surface area contributed by atoms with Crippen molar-refractivity contribution >= 4 is 34.7 Å². The molecule has 2 aromatic carbocycles. The maximum atomic E-state index is 12.7. The molecule has 2 N–H and O–H groups in total. The minimum Gasteiger partial charge on any atom is -0.347 e. The van der Waals surface area contributed by atoms with Gasteiger partial charge in [-0.1, -0.05) is 18.2 Å².